The summed E-state index contributed by atoms with van der Waals surface area (Å²) >= 11 is 5.96. The number of aryl methyl sites for hydroxylation is 2. The monoisotopic (exact) mass is 172 g/mol. The first kappa shape index (κ1) is 8.15. The smallest absolute Gasteiger partial charge is 0.00585 e. The third-order valence-electron chi connectivity index (χ3n) is 1.57. The number of hydrogen-bond donors (Lipinski definition) is 1. The highest BCUT2D eigenvalue weighted by Gasteiger charge is 1.96. The quantitative estimate of drug-likeness (QED) is 0.666. The summed E-state index contributed by atoms with van der Waals surface area (Å²) in [7, 11) is 0. The van der Waals surface area contributed by atoms with Gasteiger partial charge in [0.15, 0.2) is 0 Å². The largest absolute Gasteiger partial charge is 0.179 e. The predicted octanol–water partition coefficient (Wildman–Crippen LogP) is 2.92. The van der Waals surface area contributed by atoms with E-state index in [2.05, 4.69) is 30.3 Å². The van der Waals surface area contributed by atoms with Crippen molar-refractivity contribution in [2.45, 2.75) is 19.8 Å². The molecule has 0 aliphatic heterocycles. The van der Waals surface area contributed by atoms with Crippen LogP contribution in [0.3, 0.4) is 0 Å². The van der Waals surface area contributed by atoms with Gasteiger partial charge >= 0.3 is 0 Å². The fourth-order valence-electron chi connectivity index (χ4n) is 0.912. The predicted molar refractivity (Wildman–Crippen MR) is 51.2 cm³/mol. The molecule has 1 heterocycles. The molecule has 1 rings (SSSR count). The van der Waals surface area contributed by atoms with Crippen molar-refractivity contribution in [3.05, 3.63) is 21.9 Å². The van der Waals surface area contributed by atoms with Crippen molar-refractivity contribution in [3.8, 4) is 0 Å². The van der Waals surface area contributed by atoms with Crippen molar-refractivity contribution in [2.24, 2.45) is 0 Å². The SMILES string of the molecule is Cc1cscc1CCCS. The molecule has 0 aliphatic rings. The molecule has 0 spiro atoms. The summed E-state index contributed by atoms with van der Waals surface area (Å²) in [6, 6.07) is 0. The minimum absolute atomic E-state index is 0.995. The van der Waals surface area contributed by atoms with Crippen LogP contribution in [0.4, 0.5) is 0 Å². The number of hydrogen-bond acceptors (Lipinski definition) is 2. The van der Waals surface area contributed by atoms with Gasteiger partial charge in [0.1, 0.15) is 0 Å². The molecule has 0 saturated carbocycles. The second-order valence-electron chi connectivity index (χ2n) is 2.41. The third-order valence-corrected chi connectivity index (χ3v) is 2.79. The Kier molecular flexibility index (Phi) is 3.29. The van der Waals surface area contributed by atoms with Crippen LogP contribution in [0.15, 0.2) is 10.8 Å². The van der Waals surface area contributed by atoms with E-state index in [0.717, 1.165) is 5.75 Å². The van der Waals surface area contributed by atoms with Gasteiger partial charge in [-0.2, -0.15) is 24.0 Å². The molecule has 0 fully saturated rings. The molecule has 0 unspecified atom stereocenters. The van der Waals surface area contributed by atoms with Crippen LogP contribution in [-0.2, 0) is 6.42 Å². The molecule has 56 valence electrons. The Morgan fingerprint density at radius 3 is 2.80 bits per heavy atom. The second kappa shape index (κ2) is 4.04. The van der Waals surface area contributed by atoms with Gasteiger partial charge in [0, 0.05) is 0 Å². The molecule has 0 amide bonds. The van der Waals surface area contributed by atoms with Gasteiger partial charge in [-0.3, -0.25) is 0 Å². The van der Waals surface area contributed by atoms with Crippen molar-refractivity contribution in [1.82, 2.24) is 0 Å². The summed E-state index contributed by atoms with van der Waals surface area (Å²) in [5.41, 5.74) is 2.94. The van der Waals surface area contributed by atoms with Gasteiger partial charge in [-0.15, -0.1) is 0 Å². The van der Waals surface area contributed by atoms with Crippen LogP contribution < -0.4 is 0 Å². The minimum atomic E-state index is 0.995. The number of thiol groups is 1. The van der Waals surface area contributed by atoms with Crippen molar-refractivity contribution in [1.29, 1.82) is 0 Å². The Morgan fingerprint density at radius 2 is 2.30 bits per heavy atom. The van der Waals surface area contributed by atoms with E-state index in [4.69, 9.17) is 0 Å². The van der Waals surface area contributed by atoms with E-state index in [1.165, 1.54) is 24.0 Å². The lowest BCUT2D eigenvalue weighted by atomic mass is 10.1. The molecule has 0 atom stereocenters. The molecule has 10 heavy (non-hydrogen) atoms. The van der Waals surface area contributed by atoms with Crippen LogP contribution in [-0.4, -0.2) is 5.75 Å². The average molecular weight is 172 g/mol. The first-order valence-electron chi connectivity index (χ1n) is 3.47. The molecule has 1 aromatic heterocycles. The Morgan fingerprint density at radius 1 is 1.50 bits per heavy atom. The lowest BCUT2D eigenvalue weighted by molar-refractivity contribution is 0.933. The van der Waals surface area contributed by atoms with Gasteiger partial charge in [0.05, 0.1) is 0 Å². The molecular formula is C8H12S2. The van der Waals surface area contributed by atoms with Gasteiger partial charge in [0.25, 0.3) is 0 Å². The van der Waals surface area contributed by atoms with E-state index >= 15 is 0 Å². The van der Waals surface area contributed by atoms with Gasteiger partial charge < -0.3 is 0 Å². The van der Waals surface area contributed by atoms with E-state index in [1.807, 2.05) is 0 Å². The summed E-state index contributed by atoms with van der Waals surface area (Å²) in [5, 5.41) is 4.44. The van der Waals surface area contributed by atoms with Crippen molar-refractivity contribution in [3.63, 3.8) is 0 Å². The number of thiophene rings is 1. The molecule has 2 heteroatoms. The van der Waals surface area contributed by atoms with E-state index in [-0.39, 0.29) is 0 Å². The van der Waals surface area contributed by atoms with E-state index in [0.29, 0.717) is 0 Å². The zero-order chi connectivity index (χ0) is 7.40. The molecule has 0 aliphatic carbocycles. The first-order chi connectivity index (χ1) is 4.84. The molecule has 0 radical (unpaired) electrons. The Balaban J connectivity index is 2.49. The normalized spacial score (nSPS) is 10.2. The van der Waals surface area contributed by atoms with Crippen molar-refractivity contribution >= 4 is 24.0 Å². The zero-order valence-electron chi connectivity index (χ0n) is 6.13. The molecule has 0 aromatic carbocycles. The highest BCUT2D eigenvalue weighted by atomic mass is 32.1. The lowest BCUT2D eigenvalue weighted by Gasteiger charge is -1.95. The van der Waals surface area contributed by atoms with E-state index < -0.39 is 0 Å². The molecule has 0 N–H and O–H groups in total. The van der Waals surface area contributed by atoms with Crippen LogP contribution >= 0.6 is 24.0 Å². The summed E-state index contributed by atoms with van der Waals surface area (Å²) in [6.45, 7) is 2.17. The van der Waals surface area contributed by atoms with Crippen LogP contribution in [0.5, 0.6) is 0 Å². The standard InChI is InChI=1S/C8H12S2/c1-7-5-10-6-8(7)3-2-4-9/h5-6,9H,2-4H2,1H3. The maximum Gasteiger partial charge on any atom is -0.00585 e. The zero-order valence-corrected chi connectivity index (χ0v) is 7.84. The molecular weight excluding hydrogens is 160 g/mol. The maximum atomic E-state index is 4.17. The minimum Gasteiger partial charge on any atom is -0.179 e. The summed E-state index contributed by atoms with van der Waals surface area (Å²) in [4.78, 5) is 0. The molecule has 0 nitrogen and oxygen atoms in total. The fraction of sp³-hybridized carbons (Fsp3) is 0.500. The summed E-state index contributed by atoms with van der Waals surface area (Å²) < 4.78 is 0. The van der Waals surface area contributed by atoms with Crippen molar-refractivity contribution < 1.29 is 0 Å². The highest BCUT2D eigenvalue weighted by molar-refractivity contribution is 7.80. The molecule has 0 bridgehead atoms. The summed E-state index contributed by atoms with van der Waals surface area (Å²) in [6.07, 6.45) is 2.39. The summed E-state index contributed by atoms with van der Waals surface area (Å²) in [5.74, 6) is 0.995. The second-order valence-corrected chi connectivity index (χ2v) is 3.60. The average Bonchev–Trinajstić information content (AvgIpc) is 2.31. The highest BCUT2D eigenvalue weighted by Crippen LogP contribution is 2.15. The third kappa shape index (κ3) is 2.03. The van der Waals surface area contributed by atoms with Crippen molar-refractivity contribution in [2.75, 3.05) is 5.75 Å². The van der Waals surface area contributed by atoms with Gasteiger partial charge in [-0.1, -0.05) is 0 Å². The lowest BCUT2D eigenvalue weighted by Crippen LogP contribution is -1.84. The van der Waals surface area contributed by atoms with Gasteiger partial charge in [-0.25, -0.2) is 0 Å². The van der Waals surface area contributed by atoms with Gasteiger partial charge in [0.2, 0.25) is 0 Å². The van der Waals surface area contributed by atoms with Crippen LogP contribution in [0.25, 0.3) is 0 Å². The topological polar surface area (TPSA) is 0 Å². The van der Waals surface area contributed by atoms with Crippen LogP contribution in [0, 0.1) is 6.92 Å². The van der Waals surface area contributed by atoms with E-state index in [9.17, 15) is 0 Å². The van der Waals surface area contributed by atoms with Crippen LogP contribution in [0.1, 0.15) is 17.5 Å². The molecule has 1 aromatic rings. The van der Waals surface area contributed by atoms with Gasteiger partial charge in [-0.05, 0) is 47.4 Å². The fourth-order valence-corrected chi connectivity index (χ4v) is 1.96. The van der Waals surface area contributed by atoms with E-state index in [1.54, 1.807) is 11.3 Å². The Labute approximate surface area is 71.7 Å². The molecule has 0 saturated heterocycles. The maximum absolute atomic E-state index is 4.17. The van der Waals surface area contributed by atoms with Crippen LogP contribution in [0.2, 0.25) is 0 Å². The Bertz CT molecular complexity index is 191. The Hall–Kier alpha value is 0.0500. The number of rotatable bonds is 3. The first-order valence-corrected chi connectivity index (χ1v) is 5.04.